The fourth-order valence-electron chi connectivity index (χ4n) is 4.45. The molecule has 0 spiro atoms. The lowest BCUT2D eigenvalue weighted by molar-refractivity contribution is -0.137. The van der Waals surface area contributed by atoms with Crippen LogP contribution in [0.5, 0.6) is 0 Å². The van der Waals surface area contributed by atoms with E-state index in [0.717, 1.165) is 84.0 Å². The Morgan fingerprint density at radius 3 is 2.64 bits per heavy atom. The molecule has 146 valence electrons. The summed E-state index contributed by atoms with van der Waals surface area (Å²) in [4.78, 5) is 31.9. The molecule has 0 N–H and O–H groups in total. The van der Waals surface area contributed by atoms with Gasteiger partial charge in [-0.05, 0) is 43.7 Å². The van der Waals surface area contributed by atoms with Crippen molar-refractivity contribution >= 4 is 43.5 Å². The molecule has 2 aliphatic rings. The number of thiophene rings is 1. The standard InChI is InChI=1S/C21H25N5OS/c1-14-4-9-26(10-5-14)21(27)15-6-11-25(12-7-15)19-18-17(23-13-24-19)16-3-2-8-22-20(16)28-18/h2-3,8,13-15H,4-7,9-12H2,1H3. The lowest BCUT2D eigenvalue weighted by Gasteiger charge is -2.37. The number of anilines is 1. The van der Waals surface area contributed by atoms with Gasteiger partial charge in [-0.1, -0.05) is 6.92 Å². The summed E-state index contributed by atoms with van der Waals surface area (Å²) in [5.41, 5.74) is 0.985. The quantitative estimate of drug-likeness (QED) is 0.662. The Kier molecular flexibility index (Phi) is 4.62. The maximum Gasteiger partial charge on any atom is 0.225 e. The Hall–Kier alpha value is -2.28. The van der Waals surface area contributed by atoms with E-state index < -0.39 is 0 Å². The predicted molar refractivity (Wildman–Crippen MR) is 113 cm³/mol. The summed E-state index contributed by atoms with van der Waals surface area (Å²) in [5.74, 6) is 2.27. The van der Waals surface area contributed by atoms with E-state index in [1.165, 1.54) is 0 Å². The first-order chi connectivity index (χ1) is 13.7. The summed E-state index contributed by atoms with van der Waals surface area (Å²) < 4.78 is 1.10. The molecule has 7 heteroatoms. The number of amides is 1. The maximum absolute atomic E-state index is 12.9. The lowest BCUT2D eigenvalue weighted by atomic mass is 9.92. The minimum absolute atomic E-state index is 0.158. The van der Waals surface area contributed by atoms with E-state index in [2.05, 4.69) is 37.7 Å². The van der Waals surface area contributed by atoms with Crippen LogP contribution in [0.4, 0.5) is 5.82 Å². The van der Waals surface area contributed by atoms with Crippen LogP contribution in [0.15, 0.2) is 24.7 Å². The SMILES string of the molecule is CC1CCN(C(=O)C2CCN(c3ncnc4c3sc3ncccc34)CC2)CC1. The molecular weight excluding hydrogens is 370 g/mol. The molecule has 6 nitrogen and oxygen atoms in total. The van der Waals surface area contributed by atoms with Crippen molar-refractivity contribution in [1.82, 2.24) is 19.9 Å². The Bertz CT molecular complexity index is 1000. The number of carbonyl (C=O) groups is 1. The first kappa shape index (κ1) is 17.8. The van der Waals surface area contributed by atoms with Crippen LogP contribution in [0, 0.1) is 11.8 Å². The first-order valence-electron chi connectivity index (χ1n) is 10.2. The highest BCUT2D eigenvalue weighted by Crippen LogP contribution is 2.37. The number of pyridine rings is 1. The van der Waals surface area contributed by atoms with Gasteiger partial charge in [0, 0.05) is 43.7 Å². The maximum atomic E-state index is 12.9. The van der Waals surface area contributed by atoms with Gasteiger partial charge in [-0.15, -0.1) is 11.3 Å². The molecule has 0 radical (unpaired) electrons. The molecule has 28 heavy (non-hydrogen) atoms. The molecule has 5 heterocycles. The van der Waals surface area contributed by atoms with Crippen LogP contribution in [-0.2, 0) is 4.79 Å². The summed E-state index contributed by atoms with van der Waals surface area (Å²) in [7, 11) is 0. The second-order valence-corrected chi connectivity index (χ2v) is 9.10. The third kappa shape index (κ3) is 3.11. The van der Waals surface area contributed by atoms with E-state index in [1.807, 2.05) is 12.3 Å². The molecule has 1 amide bonds. The van der Waals surface area contributed by atoms with Crippen molar-refractivity contribution < 1.29 is 4.79 Å². The largest absolute Gasteiger partial charge is 0.355 e. The number of nitrogens with zero attached hydrogens (tertiary/aromatic N) is 5. The topological polar surface area (TPSA) is 62.2 Å². The summed E-state index contributed by atoms with van der Waals surface area (Å²) in [6, 6.07) is 4.02. The van der Waals surface area contributed by atoms with Gasteiger partial charge >= 0.3 is 0 Å². The molecular formula is C21H25N5OS. The van der Waals surface area contributed by atoms with Gasteiger partial charge in [0.1, 0.15) is 17.0 Å². The number of fused-ring (bicyclic) bond motifs is 3. The number of hydrogen-bond donors (Lipinski definition) is 0. The van der Waals surface area contributed by atoms with Crippen molar-refractivity contribution in [3.05, 3.63) is 24.7 Å². The minimum Gasteiger partial charge on any atom is -0.355 e. The molecule has 3 aromatic rings. The fraction of sp³-hybridized carbons (Fsp3) is 0.524. The molecule has 0 aliphatic carbocycles. The molecule has 5 rings (SSSR count). The number of piperidine rings is 2. The third-order valence-corrected chi connectivity index (χ3v) is 7.35. The summed E-state index contributed by atoms with van der Waals surface area (Å²) >= 11 is 1.66. The Morgan fingerprint density at radius 2 is 1.86 bits per heavy atom. The van der Waals surface area contributed by atoms with Gasteiger partial charge < -0.3 is 9.80 Å². The average Bonchev–Trinajstić information content (AvgIpc) is 3.13. The van der Waals surface area contributed by atoms with E-state index in [4.69, 9.17) is 0 Å². The van der Waals surface area contributed by atoms with Gasteiger partial charge in [0.2, 0.25) is 5.91 Å². The van der Waals surface area contributed by atoms with Crippen LogP contribution in [0.25, 0.3) is 20.4 Å². The molecule has 2 fully saturated rings. The van der Waals surface area contributed by atoms with Crippen molar-refractivity contribution in [2.45, 2.75) is 32.6 Å². The van der Waals surface area contributed by atoms with E-state index in [1.54, 1.807) is 17.7 Å². The van der Waals surface area contributed by atoms with Crippen molar-refractivity contribution in [2.75, 3.05) is 31.1 Å². The number of likely N-dealkylation sites (tertiary alicyclic amines) is 1. The van der Waals surface area contributed by atoms with E-state index in [-0.39, 0.29) is 5.92 Å². The van der Waals surface area contributed by atoms with Gasteiger partial charge in [0.15, 0.2) is 0 Å². The van der Waals surface area contributed by atoms with Crippen LogP contribution in [0.1, 0.15) is 32.6 Å². The van der Waals surface area contributed by atoms with Gasteiger partial charge in [-0.2, -0.15) is 0 Å². The molecule has 0 saturated carbocycles. The van der Waals surface area contributed by atoms with Crippen molar-refractivity contribution in [3.8, 4) is 0 Å². The Morgan fingerprint density at radius 1 is 1.07 bits per heavy atom. The molecule has 3 aromatic heterocycles. The zero-order valence-electron chi connectivity index (χ0n) is 16.2. The highest BCUT2D eigenvalue weighted by Gasteiger charge is 2.31. The van der Waals surface area contributed by atoms with Crippen LogP contribution < -0.4 is 4.90 Å². The highest BCUT2D eigenvalue weighted by atomic mass is 32.1. The highest BCUT2D eigenvalue weighted by molar-refractivity contribution is 7.25. The van der Waals surface area contributed by atoms with E-state index >= 15 is 0 Å². The Balaban J connectivity index is 1.32. The van der Waals surface area contributed by atoms with Gasteiger partial charge in [0.05, 0.1) is 10.2 Å². The molecule has 2 aliphatic heterocycles. The van der Waals surface area contributed by atoms with E-state index in [0.29, 0.717) is 5.91 Å². The Labute approximate surface area is 168 Å². The van der Waals surface area contributed by atoms with Gasteiger partial charge in [-0.3, -0.25) is 4.79 Å². The number of aromatic nitrogens is 3. The van der Waals surface area contributed by atoms with Crippen LogP contribution in [-0.4, -0.2) is 51.9 Å². The monoisotopic (exact) mass is 395 g/mol. The first-order valence-corrected chi connectivity index (χ1v) is 11.0. The lowest BCUT2D eigenvalue weighted by Crippen LogP contribution is -2.45. The van der Waals surface area contributed by atoms with Crippen molar-refractivity contribution in [3.63, 3.8) is 0 Å². The zero-order valence-corrected chi connectivity index (χ0v) is 17.0. The second kappa shape index (κ2) is 7.28. The van der Waals surface area contributed by atoms with E-state index in [9.17, 15) is 4.79 Å². The van der Waals surface area contributed by atoms with Gasteiger partial charge in [-0.25, -0.2) is 15.0 Å². The molecule has 0 bridgehead atoms. The number of carbonyl (C=O) groups excluding carboxylic acids is 1. The van der Waals surface area contributed by atoms with Crippen molar-refractivity contribution in [1.29, 1.82) is 0 Å². The van der Waals surface area contributed by atoms with Crippen LogP contribution in [0.3, 0.4) is 0 Å². The fourth-order valence-corrected chi connectivity index (χ4v) is 5.56. The minimum atomic E-state index is 0.158. The van der Waals surface area contributed by atoms with Crippen molar-refractivity contribution in [2.24, 2.45) is 11.8 Å². The molecule has 0 aromatic carbocycles. The number of hydrogen-bond acceptors (Lipinski definition) is 6. The molecule has 0 atom stereocenters. The summed E-state index contributed by atoms with van der Waals surface area (Å²) in [6.07, 6.45) is 7.57. The second-order valence-electron chi connectivity index (χ2n) is 8.10. The predicted octanol–water partition coefficient (Wildman–Crippen LogP) is 3.71. The van der Waals surface area contributed by atoms with Crippen LogP contribution >= 0.6 is 11.3 Å². The normalized spacial score (nSPS) is 19.6. The third-order valence-electron chi connectivity index (χ3n) is 6.25. The smallest absolute Gasteiger partial charge is 0.225 e. The zero-order chi connectivity index (χ0) is 19.1. The average molecular weight is 396 g/mol. The summed E-state index contributed by atoms with van der Waals surface area (Å²) in [5, 5.41) is 1.09. The van der Waals surface area contributed by atoms with Crippen LogP contribution in [0.2, 0.25) is 0 Å². The molecule has 2 saturated heterocycles. The number of rotatable bonds is 2. The van der Waals surface area contributed by atoms with Gasteiger partial charge in [0.25, 0.3) is 0 Å². The summed E-state index contributed by atoms with van der Waals surface area (Å²) in [6.45, 7) is 5.89. The molecule has 0 unspecified atom stereocenters.